The van der Waals surface area contributed by atoms with Crippen LogP contribution in [0.3, 0.4) is 0 Å². The van der Waals surface area contributed by atoms with Crippen molar-refractivity contribution in [3.05, 3.63) is 11.9 Å². The first kappa shape index (κ1) is 11.8. The third kappa shape index (κ3) is 2.04. The van der Waals surface area contributed by atoms with Crippen molar-refractivity contribution in [2.75, 3.05) is 24.2 Å². The van der Waals surface area contributed by atoms with Crippen LogP contribution in [0.15, 0.2) is 6.33 Å². The molecular formula is C14H22N4. The SMILES string of the molecule is CNc1ncnc(NCC2CC3CCC2C3)c1C. The summed E-state index contributed by atoms with van der Waals surface area (Å²) in [6.07, 6.45) is 7.43. The van der Waals surface area contributed by atoms with E-state index in [1.54, 1.807) is 6.33 Å². The number of hydrogen-bond acceptors (Lipinski definition) is 4. The third-order valence-electron chi connectivity index (χ3n) is 4.74. The molecule has 0 aromatic carbocycles. The fraction of sp³-hybridized carbons (Fsp3) is 0.714. The first-order valence-corrected chi connectivity index (χ1v) is 7.01. The van der Waals surface area contributed by atoms with E-state index in [0.29, 0.717) is 0 Å². The van der Waals surface area contributed by atoms with Gasteiger partial charge in [0.15, 0.2) is 0 Å². The molecule has 3 atom stereocenters. The number of nitrogens with zero attached hydrogens (tertiary/aromatic N) is 2. The van der Waals surface area contributed by atoms with E-state index in [0.717, 1.165) is 41.5 Å². The number of fused-ring (bicyclic) bond motifs is 2. The molecule has 0 spiro atoms. The summed E-state index contributed by atoms with van der Waals surface area (Å²) in [5.41, 5.74) is 1.11. The Morgan fingerprint density at radius 2 is 2.06 bits per heavy atom. The molecule has 0 saturated heterocycles. The van der Waals surface area contributed by atoms with Crippen molar-refractivity contribution in [2.24, 2.45) is 17.8 Å². The van der Waals surface area contributed by atoms with Crippen molar-refractivity contribution >= 4 is 11.6 Å². The molecule has 0 aliphatic heterocycles. The summed E-state index contributed by atoms with van der Waals surface area (Å²) in [5, 5.41) is 6.62. The van der Waals surface area contributed by atoms with Gasteiger partial charge in [-0.3, -0.25) is 0 Å². The van der Waals surface area contributed by atoms with E-state index in [4.69, 9.17) is 0 Å². The molecule has 4 heteroatoms. The summed E-state index contributed by atoms with van der Waals surface area (Å²) in [6.45, 7) is 3.14. The molecule has 0 amide bonds. The summed E-state index contributed by atoms with van der Waals surface area (Å²) < 4.78 is 0. The molecule has 0 radical (unpaired) electrons. The van der Waals surface area contributed by atoms with Gasteiger partial charge < -0.3 is 10.6 Å². The highest BCUT2D eigenvalue weighted by Crippen LogP contribution is 2.48. The Balaban J connectivity index is 1.63. The Kier molecular flexibility index (Phi) is 3.10. The second-order valence-corrected chi connectivity index (χ2v) is 5.76. The lowest BCUT2D eigenvalue weighted by atomic mass is 9.89. The van der Waals surface area contributed by atoms with Gasteiger partial charge in [-0.25, -0.2) is 9.97 Å². The molecule has 1 aromatic rings. The summed E-state index contributed by atoms with van der Waals surface area (Å²) in [5.74, 6) is 4.74. The van der Waals surface area contributed by atoms with Gasteiger partial charge in [-0.15, -0.1) is 0 Å². The van der Waals surface area contributed by atoms with E-state index in [2.05, 4.69) is 27.5 Å². The molecule has 2 bridgehead atoms. The smallest absolute Gasteiger partial charge is 0.134 e. The van der Waals surface area contributed by atoms with Crippen molar-refractivity contribution in [1.29, 1.82) is 0 Å². The van der Waals surface area contributed by atoms with Crippen LogP contribution in [0.2, 0.25) is 0 Å². The van der Waals surface area contributed by atoms with Crippen LogP contribution in [-0.4, -0.2) is 23.6 Å². The topological polar surface area (TPSA) is 49.8 Å². The van der Waals surface area contributed by atoms with Gasteiger partial charge in [0.1, 0.15) is 18.0 Å². The van der Waals surface area contributed by atoms with Crippen molar-refractivity contribution in [1.82, 2.24) is 9.97 Å². The van der Waals surface area contributed by atoms with Gasteiger partial charge in [0.05, 0.1) is 0 Å². The average Bonchev–Trinajstić information content (AvgIpc) is 3.00. The standard InChI is InChI=1S/C14H22N4/c1-9-13(15-2)17-8-18-14(9)16-7-12-6-10-3-4-11(12)5-10/h8,10-12H,3-7H2,1-2H3,(H2,15,16,17,18). The molecule has 98 valence electrons. The Morgan fingerprint density at radius 1 is 1.22 bits per heavy atom. The average molecular weight is 246 g/mol. The zero-order chi connectivity index (χ0) is 12.5. The Morgan fingerprint density at radius 3 is 2.72 bits per heavy atom. The quantitative estimate of drug-likeness (QED) is 0.857. The predicted octanol–water partition coefficient (Wildman–Crippen LogP) is 2.67. The maximum Gasteiger partial charge on any atom is 0.134 e. The van der Waals surface area contributed by atoms with Crippen LogP contribution in [0.4, 0.5) is 11.6 Å². The summed E-state index contributed by atoms with van der Waals surface area (Å²) in [4.78, 5) is 8.56. The van der Waals surface area contributed by atoms with Crippen LogP contribution in [0.25, 0.3) is 0 Å². The Hall–Kier alpha value is -1.32. The van der Waals surface area contributed by atoms with Crippen LogP contribution in [0.1, 0.15) is 31.2 Å². The second-order valence-electron chi connectivity index (χ2n) is 5.76. The normalized spacial score (nSPS) is 29.6. The van der Waals surface area contributed by atoms with Crippen LogP contribution < -0.4 is 10.6 Å². The van der Waals surface area contributed by atoms with Gasteiger partial charge in [0.25, 0.3) is 0 Å². The highest BCUT2D eigenvalue weighted by Gasteiger charge is 2.39. The molecule has 2 saturated carbocycles. The summed E-state index contributed by atoms with van der Waals surface area (Å²) in [7, 11) is 1.90. The number of rotatable bonds is 4. The molecule has 3 unspecified atom stereocenters. The second kappa shape index (κ2) is 4.75. The Bertz CT molecular complexity index is 432. The van der Waals surface area contributed by atoms with Gasteiger partial charge in [-0.2, -0.15) is 0 Å². The van der Waals surface area contributed by atoms with Gasteiger partial charge in [0.2, 0.25) is 0 Å². The molecule has 18 heavy (non-hydrogen) atoms. The predicted molar refractivity (Wildman–Crippen MR) is 73.7 cm³/mol. The molecule has 4 nitrogen and oxygen atoms in total. The number of anilines is 2. The molecule has 3 rings (SSSR count). The first-order chi connectivity index (χ1) is 8.78. The number of hydrogen-bond donors (Lipinski definition) is 2. The zero-order valence-corrected chi connectivity index (χ0v) is 11.2. The van der Waals surface area contributed by atoms with Crippen LogP contribution in [0.5, 0.6) is 0 Å². The van der Waals surface area contributed by atoms with E-state index >= 15 is 0 Å². The molecule has 2 N–H and O–H groups in total. The number of aromatic nitrogens is 2. The molecule has 1 aromatic heterocycles. The largest absolute Gasteiger partial charge is 0.373 e. The van der Waals surface area contributed by atoms with Crippen LogP contribution >= 0.6 is 0 Å². The fourth-order valence-corrected chi connectivity index (χ4v) is 3.73. The van der Waals surface area contributed by atoms with Crippen LogP contribution in [-0.2, 0) is 0 Å². The molecule has 2 aliphatic rings. The third-order valence-corrected chi connectivity index (χ3v) is 4.74. The first-order valence-electron chi connectivity index (χ1n) is 7.01. The van der Waals surface area contributed by atoms with Gasteiger partial charge in [-0.1, -0.05) is 6.42 Å². The van der Waals surface area contributed by atoms with Crippen molar-refractivity contribution in [3.8, 4) is 0 Å². The minimum atomic E-state index is 0.858. The van der Waals surface area contributed by atoms with E-state index in [-0.39, 0.29) is 0 Å². The van der Waals surface area contributed by atoms with Crippen LogP contribution in [0, 0.1) is 24.7 Å². The molecular weight excluding hydrogens is 224 g/mol. The van der Waals surface area contributed by atoms with Gasteiger partial charge in [0, 0.05) is 19.2 Å². The van der Waals surface area contributed by atoms with Crippen molar-refractivity contribution in [3.63, 3.8) is 0 Å². The van der Waals surface area contributed by atoms with Crippen molar-refractivity contribution < 1.29 is 0 Å². The summed E-state index contributed by atoms with van der Waals surface area (Å²) in [6, 6.07) is 0. The number of nitrogens with one attached hydrogen (secondary N) is 2. The lowest BCUT2D eigenvalue weighted by Crippen LogP contribution is -2.21. The minimum absolute atomic E-state index is 0.858. The van der Waals surface area contributed by atoms with E-state index in [1.807, 2.05) is 7.05 Å². The minimum Gasteiger partial charge on any atom is -0.373 e. The van der Waals surface area contributed by atoms with E-state index in [9.17, 15) is 0 Å². The van der Waals surface area contributed by atoms with Gasteiger partial charge >= 0.3 is 0 Å². The lowest BCUT2D eigenvalue weighted by Gasteiger charge is -2.22. The maximum absolute atomic E-state index is 4.35. The fourth-order valence-electron chi connectivity index (χ4n) is 3.73. The molecule has 1 heterocycles. The maximum atomic E-state index is 4.35. The van der Waals surface area contributed by atoms with Gasteiger partial charge in [-0.05, 0) is 43.9 Å². The van der Waals surface area contributed by atoms with Crippen molar-refractivity contribution in [2.45, 2.75) is 32.6 Å². The Labute approximate surface area is 109 Å². The van der Waals surface area contributed by atoms with E-state index in [1.165, 1.54) is 25.7 Å². The highest BCUT2D eigenvalue weighted by atomic mass is 15.1. The monoisotopic (exact) mass is 246 g/mol. The zero-order valence-electron chi connectivity index (χ0n) is 11.2. The van der Waals surface area contributed by atoms with E-state index < -0.39 is 0 Å². The molecule has 2 aliphatic carbocycles. The highest BCUT2D eigenvalue weighted by molar-refractivity contribution is 5.56. The lowest BCUT2D eigenvalue weighted by molar-refractivity contribution is 0.348. The summed E-state index contributed by atoms with van der Waals surface area (Å²) >= 11 is 0. The molecule has 2 fully saturated rings.